The SMILES string of the molecule is Cc1cccc2sc(C3=C(C(C)C)SC4=NCCN43)cc12. The Labute approximate surface area is 133 Å². The average molecular weight is 314 g/mol. The number of nitrogens with zero attached hydrogens (tertiary/aromatic N) is 2. The van der Waals surface area contributed by atoms with Crippen molar-refractivity contribution in [2.75, 3.05) is 13.1 Å². The number of amidine groups is 1. The standard InChI is InChI=1S/C17H18N2S2/c1-10(2)16-15(19-8-7-18-17(19)21-16)14-9-12-11(3)5-4-6-13(12)20-14/h4-6,9-10H,7-8H2,1-3H3. The zero-order chi connectivity index (χ0) is 14.6. The van der Waals surface area contributed by atoms with Crippen LogP contribution < -0.4 is 0 Å². The first-order chi connectivity index (χ1) is 10.1. The Kier molecular flexibility index (Phi) is 3.12. The van der Waals surface area contributed by atoms with Gasteiger partial charge in [-0.3, -0.25) is 4.99 Å². The summed E-state index contributed by atoms with van der Waals surface area (Å²) in [5.74, 6) is 0.546. The van der Waals surface area contributed by atoms with Crippen molar-refractivity contribution in [2.24, 2.45) is 10.9 Å². The summed E-state index contributed by atoms with van der Waals surface area (Å²) in [4.78, 5) is 9.92. The second-order valence-corrected chi connectivity index (χ2v) is 7.98. The maximum Gasteiger partial charge on any atom is 0.168 e. The summed E-state index contributed by atoms with van der Waals surface area (Å²) < 4.78 is 1.38. The van der Waals surface area contributed by atoms with Crippen molar-refractivity contribution in [2.45, 2.75) is 20.8 Å². The molecule has 0 atom stereocenters. The summed E-state index contributed by atoms with van der Waals surface area (Å²) in [5.41, 5.74) is 2.77. The van der Waals surface area contributed by atoms with E-state index in [1.807, 2.05) is 23.1 Å². The van der Waals surface area contributed by atoms with Crippen LogP contribution in [0.4, 0.5) is 0 Å². The highest BCUT2D eigenvalue weighted by Crippen LogP contribution is 2.47. The van der Waals surface area contributed by atoms with Gasteiger partial charge in [0.1, 0.15) is 0 Å². The molecule has 0 amide bonds. The van der Waals surface area contributed by atoms with Crippen LogP contribution in [0.1, 0.15) is 24.3 Å². The van der Waals surface area contributed by atoms with Crippen LogP contribution in [0.3, 0.4) is 0 Å². The molecular formula is C17H18N2S2. The predicted molar refractivity (Wildman–Crippen MR) is 94.9 cm³/mol. The first-order valence-corrected chi connectivity index (χ1v) is 9.02. The molecule has 3 heterocycles. The Morgan fingerprint density at radius 1 is 1.29 bits per heavy atom. The summed E-state index contributed by atoms with van der Waals surface area (Å²) in [6, 6.07) is 8.95. The maximum absolute atomic E-state index is 4.65. The number of aryl methyl sites for hydroxylation is 1. The number of hydrogen-bond donors (Lipinski definition) is 0. The van der Waals surface area contributed by atoms with Gasteiger partial charge >= 0.3 is 0 Å². The quantitative estimate of drug-likeness (QED) is 0.779. The van der Waals surface area contributed by atoms with Crippen molar-refractivity contribution in [1.82, 2.24) is 4.90 Å². The first kappa shape index (κ1) is 13.4. The summed E-state index contributed by atoms with van der Waals surface area (Å²) in [6.45, 7) is 8.72. The van der Waals surface area contributed by atoms with Gasteiger partial charge in [-0.1, -0.05) is 37.7 Å². The molecule has 2 nitrogen and oxygen atoms in total. The molecule has 0 N–H and O–H groups in total. The maximum atomic E-state index is 4.65. The second kappa shape index (κ2) is 4.89. The van der Waals surface area contributed by atoms with E-state index >= 15 is 0 Å². The fourth-order valence-corrected chi connectivity index (χ4v) is 5.44. The summed E-state index contributed by atoms with van der Waals surface area (Å²) in [5, 5.41) is 2.59. The fraction of sp³-hybridized carbons (Fsp3) is 0.353. The molecule has 2 aliphatic rings. The number of thiophene rings is 1. The highest BCUT2D eigenvalue weighted by atomic mass is 32.2. The third-order valence-corrected chi connectivity index (χ3v) is 6.57. The number of hydrogen-bond acceptors (Lipinski definition) is 4. The van der Waals surface area contributed by atoms with Gasteiger partial charge in [0.25, 0.3) is 0 Å². The third kappa shape index (κ3) is 2.04. The molecule has 4 rings (SSSR count). The van der Waals surface area contributed by atoms with Gasteiger partial charge in [-0.15, -0.1) is 11.3 Å². The molecule has 0 bridgehead atoms. The van der Waals surface area contributed by atoms with Gasteiger partial charge in [0.2, 0.25) is 0 Å². The van der Waals surface area contributed by atoms with Gasteiger partial charge < -0.3 is 4.90 Å². The number of thioether (sulfide) groups is 1. The van der Waals surface area contributed by atoms with Gasteiger partial charge in [0, 0.05) is 16.1 Å². The summed E-state index contributed by atoms with van der Waals surface area (Å²) in [7, 11) is 0. The third-order valence-electron chi connectivity index (χ3n) is 4.04. The van der Waals surface area contributed by atoms with E-state index in [1.165, 1.54) is 36.3 Å². The van der Waals surface area contributed by atoms with Crippen LogP contribution in [-0.4, -0.2) is 23.2 Å². The molecule has 0 saturated heterocycles. The van der Waals surface area contributed by atoms with Crippen LogP contribution in [-0.2, 0) is 0 Å². The minimum atomic E-state index is 0.546. The van der Waals surface area contributed by atoms with Crippen molar-refractivity contribution in [1.29, 1.82) is 0 Å². The van der Waals surface area contributed by atoms with Gasteiger partial charge in [-0.05, 0) is 35.9 Å². The van der Waals surface area contributed by atoms with Crippen molar-refractivity contribution in [3.63, 3.8) is 0 Å². The molecule has 0 aliphatic carbocycles. The lowest BCUT2D eigenvalue weighted by atomic mass is 10.1. The van der Waals surface area contributed by atoms with Crippen molar-refractivity contribution in [3.8, 4) is 0 Å². The van der Waals surface area contributed by atoms with E-state index < -0.39 is 0 Å². The van der Waals surface area contributed by atoms with Gasteiger partial charge in [-0.2, -0.15) is 0 Å². The second-order valence-electron chi connectivity index (χ2n) is 5.88. The molecule has 1 aromatic carbocycles. The van der Waals surface area contributed by atoms with Gasteiger partial charge in [0.15, 0.2) is 5.17 Å². The predicted octanol–water partition coefficient (Wildman–Crippen LogP) is 4.95. The van der Waals surface area contributed by atoms with E-state index in [-0.39, 0.29) is 0 Å². The zero-order valence-electron chi connectivity index (χ0n) is 12.5. The Balaban J connectivity index is 1.90. The Morgan fingerprint density at radius 3 is 2.90 bits per heavy atom. The van der Waals surface area contributed by atoms with Gasteiger partial charge in [-0.25, -0.2) is 0 Å². The zero-order valence-corrected chi connectivity index (χ0v) is 14.1. The first-order valence-electron chi connectivity index (χ1n) is 7.38. The van der Waals surface area contributed by atoms with Gasteiger partial charge in [0.05, 0.1) is 17.1 Å². The normalized spacial score (nSPS) is 18.1. The molecule has 108 valence electrons. The van der Waals surface area contributed by atoms with E-state index in [9.17, 15) is 0 Å². The summed E-state index contributed by atoms with van der Waals surface area (Å²) >= 11 is 3.78. The number of allylic oxidation sites excluding steroid dienone is 1. The van der Waals surface area contributed by atoms with E-state index in [1.54, 1.807) is 0 Å². The number of aliphatic imine (C=N–C) groups is 1. The topological polar surface area (TPSA) is 15.6 Å². The number of benzene rings is 1. The number of fused-ring (bicyclic) bond motifs is 2. The smallest absolute Gasteiger partial charge is 0.168 e. The molecular weight excluding hydrogens is 296 g/mol. The van der Waals surface area contributed by atoms with E-state index in [0.29, 0.717) is 5.92 Å². The van der Waals surface area contributed by atoms with Crippen LogP contribution in [0.25, 0.3) is 15.8 Å². The Bertz CT molecular complexity index is 783. The average Bonchev–Trinajstić information content (AvgIpc) is 3.10. The minimum Gasteiger partial charge on any atom is -0.317 e. The van der Waals surface area contributed by atoms with E-state index in [4.69, 9.17) is 0 Å². The Morgan fingerprint density at radius 2 is 2.14 bits per heavy atom. The lowest BCUT2D eigenvalue weighted by Crippen LogP contribution is -2.19. The minimum absolute atomic E-state index is 0.546. The Hall–Kier alpha value is -1.26. The molecule has 0 fully saturated rings. The van der Waals surface area contributed by atoms with E-state index in [0.717, 1.165) is 13.1 Å². The highest BCUT2D eigenvalue weighted by molar-refractivity contribution is 8.17. The van der Waals surface area contributed by atoms with Crippen molar-refractivity contribution < 1.29 is 0 Å². The van der Waals surface area contributed by atoms with Crippen LogP contribution >= 0.6 is 23.1 Å². The molecule has 0 spiro atoms. The van der Waals surface area contributed by atoms with Crippen LogP contribution in [0.15, 0.2) is 34.2 Å². The molecule has 0 unspecified atom stereocenters. The van der Waals surface area contributed by atoms with Crippen LogP contribution in [0.2, 0.25) is 0 Å². The van der Waals surface area contributed by atoms with Crippen molar-refractivity contribution in [3.05, 3.63) is 39.6 Å². The molecule has 2 aliphatic heterocycles. The lowest BCUT2D eigenvalue weighted by molar-refractivity contribution is 0.642. The largest absolute Gasteiger partial charge is 0.317 e. The van der Waals surface area contributed by atoms with Crippen LogP contribution in [0, 0.1) is 12.8 Å². The van der Waals surface area contributed by atoms with Crippen molar-refractivity contribution >= 4 is 44.0 Å². The highest BCUT2D eigenvalue weighted by Gasteiger charge is 2.34. The molecule has 0 radical (unpaired) electrons. The monoisotopic (exact) mass is 314 g/mol. The molecule has 1 aromatic heterocycles. The van der Waals surface area contributed by atoms with Crippen LogP contribution in [0.5, 0.6) is 0 Å². The molecule has 21 heavy (non-hydrogen) atoms. The molecule has 0 saturated carbocycles. The lowest BCUT2D eigenvalue weighted by Gasteiger charge is -2.16. The van der Waals surface area contributed by atoms with E-state index in [2.05, 4.69) is 54.9 Å². The molecule has 2 aromatic rings. The summed E-state index contributed by atoms with van der Waals surface area (Å²) in [6.07, 6.45) is 0. The molecule has 4 heteroatoms. The fourth-order valence-electron chi connectivity index (χ4n) is 2.97. The number of rotatable bonds is 2.